The van der Waals surface area contributed by atoms with Gasteiger partial charge in [0.05, 0.1) is 11.6 Å². The first-order chi connectivity index (χ1) is 13.9. The number of ketones is 1. The van der Waals surface area contributed by atoms with Crippen molar-refractivity contribution in [3.8, 4) is 5.75 Å². The van der Waals surface area contributed by atoms with Crippen LogP contribution in [0.4, 0.5) is 4.39 Å². The third kappa shape index (κ3) is 5.64. The van der Waals surface area contributed by atoms with Crippen LogP contribution in [-0.2, 0) is 4.79 Å². The molecule has 2 atom stereocenters. The molecule has 1 heterocycles. The number of hydrogen-bond donors (Lipinski definition) is 1. The maximum Gasteiger partial charge on any atom is 0.335 e. The van der Waals surface area contributed by atoms with E-state index in [4.69, 9.17) is 9.84 Å². The molecule has 6 heteroatoms. The van der Waals surface area contributed by atoms with E-state index in [0.717, 1.165) is 24.9 Å². The number of benzene rings is 2. The Hall–Kier alpha value is -2.73. The number of carboxylic acid groups (broad SMARTS) is 1. The second kappa shape index (κ2) is 9.65. The third-order valence-corrected chi connectivity index (χ3v) is 5.43. The average molecular weight is 399 g/mol. The fourth-order valence-electron chi connectivity index (χ4n) is 3.78. The highest BCUT2D eigenvalue weighted by molar-refractivity contribution is 5.87. The van der Waals surface area contributed by atoms with E-state index in [-0.39, 0.29) is 29.1 Å². The van der Waals surface area contributed by atoms with E-state index in [2.05, 4.69) is 4.90 Å². The number of Topliss-reactive ketones (excluding diaryl/α,β-unsaturated/α-hetero) is 1. The van der Waals surface area contributed by atoms with Crippen molar-refractivity contribution in [3.63, 3.8) is 0 Å². The minimum Gasteiger partial charge on any atom is -0.492 e. The van der Waals surface area contributed by atoms with Crippen molar-refractivity contribution >= 4 is 11.8 Å². The number of carbonyl (C=O) groups excluding carboxylic acids is 1. The quantitative estimate of drug-likeness (QED) is 0.687. The molecule has 0 saturated carbocycles. The van der Waals surface area contributed by atoms with Crippen molar-refractivity contribution in [3.05, 3.63) is 65.5 Å². The minimum atomic E-state index is -0.954. The number of carboxylic acids is 1. The summed E-state index contributed by atoms with van der Waals surface area (Å²) < 4.78 is 18.6. The van der Waals surface area contributed by atoms with Crippen LogP contribution in [0.2, 0.25) is 0 Å². The molecule has 0 radical (unpaired) electrons. The fraction of sp³-hybridized carbons (Fsp3) is 0.391. The first kappa shape index (κ1) is 21.0. The molecule has 5 nitrogen and oxygen atoms in total. The Bertz CT molecular complexity index is 835. The van der Waals surface area contributed by atoms with Gasteiger partial charge in [0.2, 0.25) is 0 Å². The number of rotatable bonds is 9. The predicted molar refractivity (Wildman–Crippen MR) is 108 cm³/mol. The van der Waals surface area contributed by atoms with Gasteiger partial charge in [0.15, 0.2) is 5.78 Å². The van der Waals surface area contributed by atoms with Crippen molar-refractivity contribution in [2.75, 3.05) is 19.7 Å². The zero-order valence-electron chi connectivity index (χ0n) is 16.5. The van der Waals surface area contributed by atoms with Gasteiger partial charge >= 0.3 is 5.97 Å². The maximum absolute atomic E-state index is 12.9. The van der Waals surface area contributed by atoms with Crippen molar-refractivity contribution in [2.45, 2.75) is 38.1 Å². The van der Waals surface area contributed by atoms with E-state index in [1.165, 1.54) is 12.1 Å². The minimum absolute atomic E-state index is 0.0308. The molecular formula is C23H26FNO4. The lowest BCUT2D eigenvalue weighted by Gasteiger charge is -2.24. The average Bonchev–Trinajstić information content (AvgIpc) is 3.18. The SMILES string of the molecule is C[C@H](CC(=O)[C@H]1CCCN1CCOc1ccc(F)cc1)c1ccc(C(=O)O)cc1. The van der Waals surface area contributed by atoms with Crippen LogP contribution in [0.15, 0.2) is 48.5 Å². The van der Waals surface area contributed by atoms with Gasteiger partial charge in [0.1, 0.15) is 18.2 Å². The summed E-state index contributed by atoms with van der Waals surface area (Å²) in [5.41, 5.74) is 1.21. The van der Waals surface area contributed by atoms with Crippen LogP contribution in [0, 0.1) is 5.82 Å². The van der Waals surface area contributed by atoms with E-state index < -0.39 is 5.97 Å². The summed E-state index contributed by atoms with van der Waals surface area (Å²) in [5.74, 6) is -0.395. The van der Waals surface area contributed by atoms with Crippen LogP contribution in [0.5, 0.6) is 5.75 Å². The molecule has 2 aromatic carbocycles. The standard InChI is InChI=1S/C23H26FNO4/c1-16(17-4-6-18(7-5-17)23(27)28)15-22(26)21-3-2-12-25(21)13-14-29-20-10-8-19(24)9-11-20/h4-11,16,21H,2-3,12-15H2,1H3,(H,27,28)/t16-,21-/m1/s1. The Morgan fingerprint density at radius 3 is 2.52 bits per heavy atom. The van der Waals surface area contributed by atoms with E-state index in [9.17, 15) is 14.0 Å². The summed E-state index contributed by atoms with van der Waals surface area (Å²) in [4.78, 5) is 26.0. The number of aromatic carboxylic acids is 1. The molecule has 1 N–H and O–H groups in total. The normalized spacial score (nSPS) is 17.8. The summed E-state index contributed by atoms with van der Waals surface area (Å²) in [7, 11) is 0. The molecule has 0 unspecified atom stereocenters. The molecular weight excluding hydrogens is 373 g/mol. The van der Waals surface area contributed by atoms with Crippen LogP contribution in [-0.4, -0.2) is 47.5 Å². The van der Waals surface area contributed by atoms with Gasteiger partial charge in [-0.05, 0) is 67.3 Å². The topological polar surface area (TPSA) is 66.8 Å². The summed E-state index contributed by atoms with van der Waals surface area (Å²) in [6.07, 6.45) is 2.25. The Balaban J connectivity index is 1.50. The molecule has 1 fully saturated rings. The van der Waals surface area contributed by atoms with Gasteiger partial charge < -0.3 is 9.84 Å². The molecule has 1 saturated heterocycles. The zero-order chi connectivity index (χ0) is 20.8. The molecule has 2 aromatic rings. The van der Waals surface area contributed by atoms with Gasteiger partial charge in [-0.1, -0.05) is 19.1 Å². The number of ether oxygens (including phenoxy) is 1. The van der Waals surface area contributed by atoms with Gasteiger partial charge in [-0.3, -0.25) is 9.69 Å². The molecule has 0 aliphatic carbocycles. The summed E-state index contributed by atoms with van der Waals surface area (Å²) in [6, 6.07) is 12.5. The number of carbonyl (C=O) groups is 2. The second-order valence-corrected chi connectivity index (χ2v) is 7.50. The van der Waals surface area contributed by atoms with Crippen molar-refractivity contribution in [1.82, 2.24) is 4.90 Å². The summed E-state index contributed by atoms with van der Waals surface area (Å²) >= 11 is 0. The van der Waals surface area contributed by atoms with Crippen molar-refractivity contribution in [1.29, 1.82) is 0 Å². The third-order valence-electron chi connectivity index (χ3n) is 5.43. The van der Waals surface area contributed by atoms with Crippen LogP contribution in [0.1, 0.15) is 48.0 Å². The molecule has 3 rings (SSSR count). The second-order valence-electron chi connectivity index (χ2n) is 7.50. The number of hydrogen-bond acceptors (Lipinski definition) is 4. The monoisotopic (exact) mass is 399 g/mol. The Morgan fingerprint density at radius 2 is 1.86 bits per heavy atom. The van der Waals surface area contributed by atoms with Crippen LogP contribution < -0.4 is 4.74 Å². The Labute approximate surface area is 170 Å². The van der Waals surface area contributed by atoms with Gasteiger partial charge in [0.25, 0.3) is 0 Å². The van der Waals surface area contributed by atoms with Gasteiger partial charge in [-0.25, -0.2) is 9.18 Å². The molecule has 0 bridgehead atoms. The van der Waals surface area contributed by atoms with Gasteiger partial charge in [-0.15, -0.1) is 0 Å². The molecule has 0 aromatic heterocycles. The summed E-state index contributed by atoms with van der Waals surface area (Å²) in [5, 5.41) is 9.00. The Morgan fingerprint density at radius 1 is 1.17 bits per heavy atom. The molecule has 29 heavy (non-hydrogen) atoms. The first-order valence-electron chi connectivity index (χ1n) is 9.92. The van der Waals surface area contributed by atoms with E-state index >= 15 is 0 Å². The fourth-order valence-corrected chi connectivity index (χ4v) is 3.78. The van der Waals surface area contributed by atoms with Crippen LogP contribution >= 0.6 is 0 Å². The molecule has 1 aliphatic heterocycles. The molecule has 0 spiro atoms. The smallest absolute Gasteiger partial charge is 0.335 e. The zero-order valence-corrected chi connectivity index (χ0v) is 16.5. The number of nitrogens with zero attached hydrogens (tertiary/aromatic N) is 1. The lowest BCUT2D eigenvalue weighted by Crippen LogP contribution is -2.39. The van der Waals surface area contributed by atoms with Crippen molar-refractivity contribution in [2.24, 2.45) is 0 Å². The van der Waals surface area contributed by atoms with Gasteiger partial charge in [-0.2, -0.15) is 0 Å². The van der Waals surface area contributed by atoms with Crippen LogP contribution in [0.3, 0.4) is 0 Å². The van der Waals surface area contributed by atoms with Crippen molar-refractivity contribution < 1.29 is 23.8 Å². The maximum atomic E-state index is 12.9. The highest BCUT2D eigenvalue weighted by Crippen LogP contribution is 2.25. The molecule has 1 aliphatic rings. The van der Waals surface area contributed by atoms with Crippen LogP contribution in [0.25, 0.3) is 0 Å². The first-order valence-corrected chi connectivity index (χ1v) is 9.92. The predicted octanol–water partition coefficient (Wildman–Crippen LogP) is 4.13. The Kier molecular flexibility index (Phi) is 6.99. The largest absolute Gasteiger partial charge is 0.492 e. The number of halogens is 1. The lowest BCUT2D eigenvalue weighted by molar-refractivity contribution is -0.123. The number of likely N-dealkylation sites (tertiary alicyclic amines) is 1. The lowest BCUT2D eigenvalue weighted by atomic mass is 9.92. The summed E-state index contributed by atoms with van der Waals surface area (Å²) in [6.45, 7) is 3.95. The van der Waals surface area contributed by atoms with E-state index in [1.807, 2.05) is 6.92 Å². The van der Waals surface area contributed by atoms with Gasteiger partial charge in [0, 0.05) is 13.0 Å². The highest BCUT2D eigenvalue weighted by atomic mass is 19.1. The van der Waals surface area contributed by atoms with E-state index in [1.54, 1.807) is 36.4 Å². The molecule has 0 amide bonds. The highest BCUT2D eigenvalue weighted by Gasteiger charge is 2.31. The van der Waals surface area contributed by atoms with E-state index in [0.29, 0.717) is 25.3 Å². The molecule has 154 valence electrons.